The van der Waals surface area contributed by atoms with Gasteiger partial charge in [0.2, 0.25) is 5.91 Å². The Hall–Kier alpha value is 4.11. The normalized spacial score (nSPS) is 13.6. The average Bonchev–Trinajstić information content (AvgIpc) is 3.54. The fourth-order valence-corrected chi connectivity index (χ4v) is 7.10. The molecule has 0 aliphatic rings. The Morgan fingerprint density at radius 2 is 1.48 bits per heavy atom. The van der Waals surface area contributed by atoms with Crippen LogP contribution in [0.2, 0.25) is 0 Å². The summed E-state index contributed by atoms with van der Waals surface area (Å²) in [6.07, 6.45) is 1.69. The number of amides is 2. The second-order valence-corrected chi connectivity index (χ2v) is 16.0. The van der Waals surface area contributed by atoms with Gasteiger partial charge in [-0.2, -0.15) is 0 Å². The van der Waals surface area contributed by atoms with Crippen LogP contribution in [0.3, 0.4) is 0 Å². The molecule has 6 atom stereocenters. The van der Waals surface area contributed by atoms with Crippen LogP contribution in [0.25, 0.3) is 0 Å². The number of hydrogen-bond acceptors (Lipinski definition) is 9. The summed E-state index contributed by atoms with van der Waals surface area (Å²) in [7, 11) is 3.10. The van der Waals surface area contributed by atoms with Crippen LogP contribution < -0.4 is 5.32 Å². The van der Waals surface area contributed by atoms with Gasteiger partial charge in [-0.05, 0) is 35.7 Å². The fourth-order valence-electron chi connectivity index (χ4n) is 6.26. The number of esters is 2. The molecule has 0 bridgehead atoms. The van der Waals surface area contributed by atoms with E-state index in [1.54, 1.807) is 24.3 Å². The Labute approximate surface area is 524 Å². The van der Waals surface area contributed by atoms with Gasteiger partial charge in [-0.15, -0.1) is 11.3 Å². The molecule has 1 heterocycles. The first kappa shape index (κ1) is 69.2. The van der Waals surface area contributed by atoms with Crippen LogP contribution in [0.5, 0.6) is 0 Å². The van der Waals surface area contributed by atoms with E-state index in [9.17, 15) is 24.0 Å². The number of nitrogens with zero attached hydrogens (tertiary/aromatic N) is 2. The number of thiazole rings is 1. The van der Waals surface area contributed by atoms with E-state index in [0.29, 0.717) is 24.3 Å². The number of rotatable bonds is 19. The molecule has 2 amide bonds. The second-order valence-electron chi connectivity index (χ2n) is 15.2. The topological polar surface area (TPSA) is 132 Å². The van der Waals surface area contributed by atoms with Crippen LogP contribution in [0.4, 0.5) is 0 Å². The van der Waals surface area contributed by atoms with Crippen LogP contribution in [0.1, 0.15) is 122 Å². The molecular formula is C39H59N3O7STb6. The summed E-state index contributed by atoms with van der Waals surface area (Å²) in [5.74, 6) is -2.20. The fraction of sp³-hybridized carbons (Fsp3) is 0.641. The van der Waals surface area contributed by atoms with Crippen LogP contribution in [0.15, 0.2) is 35.7 Å². The van der Waals surface area contributed by atoms with E-state index in [1.807, 2.05) is 78.8 Å². The van der Waals surface area contributed by atoms with Crippen LogP contribution >= 0.6 is 11.3 Å². The standard InChI is InChI=1S/C39H59N3O7S.6Tb/c1-12-25(4)31(20-30(44)22-39(7,8)9)37(46)42(10)33(24(2)3)21-34(49-27(6)43)36-41-32(23-50-36)35(45)40-29(18-26(5)38(47)48-11)19-28-16-14-13-15-17-28;;;;;;/h13-17,23-26,29,31,33-34H,12,18-22H2,1-11H3,(H,40,45);;;;;;/t25-,26-,29+,31-,33+,34+;;;;;;/m0....../s1. The van der Waals surface area contributed by atoms with Crippen LogP contribution in [-0.4, -0.2) is 65.7 Å². The second kappa shape index (κ2) is 35.4. The van der Waals surface area contributed by atoms with E-state index < -0.39 is 29.8 Å². The van der Waals surface area contributed by atoms with Gasteiger partial charge in [0.1, 0.15) is 16.5 Å². The first-order valence-electron chi connectivity index (χ1n) is 17.7. The van der Waals surface area contributed by atoms with Gasteiger partial charge < -0.3 is 19.7 Å². The number of methoxy groups -OCH3 is 1. The van der Waals surface area contributed by atoms with E-state index in [4.69, 9.17) is 9.47 Å². The summed E-state index contributed by atoms with van der Waals surface area (Å²) in [5, 5.41) is 5.12. The number of Topliss-reactive ketones (excluding diaryl/α,β-unsaturated/α-hetero) is 1. The number of aromatic nitrogens is 1. The maximum Gasteiger partial charge on any atom is 0.308 e. The average molecular weight is 1670 g/mol. The molecule has 332 valence electrons. The quantitative estimate of drug-likeness (QED) is 0.146. The Balaban J connectivity index is -0.00000144. The molecule has 17 heteroatoms. The van der Waals surface area contributed by atoms with Gasteiger partial charge in [-0.25, -0.2) is 4.98 Å². The van der Waals surface area contributed by atoms with Crippen molar-refractivity contribution >= 4 is 40.9 Å². The summed E-state index contributed by atoms with van der Waals surface area (Å²) in [4.78, 5) is 71.5. The number of benzene rings is 1. The molecule has 1 aromatic carbocycles. The Morgan fingerprint density at radius 3 is 1.96 bits per heavy atom. The third kappa shape index (κ3) is 25.6. The van der Waals surface area contributed by atoms with Gasteiger partial charge in [0, 0.05) is 288 Å². The van der Waals surface area contributed by atoms with E-state index in [-0.39, 0.29) is 297 Å². The molecule has 0 aliphatic carbocycles. The van der Waals surface area contributed by atoms with Gasteiger partial charge in [-0.1, -0.05) is 92.1 Å². The van der Waals surface area contributed by atoms with Crippen molar-refractivity contribution in [1.82, 2.24) is 15.2 Å². The number of carbonyl (C=O) groups excluding carboxylic acids is 5. The predicted molar refractivity (Wildman–Crippen MR) is 196 cm³/mol. The molecule has 2 rings (SSSR count). The molecule has 2 aromatic rings. The van der Waals surface area contributed by atoms with Crippen molar-refractivity contribution in [3.8, 4) is 0 Å². The van der Waals surface area contributed by atoms with Crippen molar-refractivity contribution in [2.45, 2.75) is 119 Å². The molecule has 56 heavy (non-hydrogen) atoms. The molecule has 1 N–H and O–H groups in total. The van der Waals surface area contributed by atoms with Crippen molar-refractivity contribution in [3.05, 3.63) is 52.0 Å². The van der Waals surface area contributed by atoms with E-state index in [2.05, 4.69) is 10.3 Å². The first-order chi connectivity index (χ1) is 23.4. The largest absolute Gasteiger partial charge is 0.469 e. The summed E-state index contributed by atoms with van der Waals surface area (Å²) in [5.41, 5.74) is 1.01. The van der Waals surface area contributed by atoms with E-state index in [0.717, 1.165) is 12.0 Å². The molecule has 0 saturated heterocycles. The smallest absolute Gasteiger partial charge is 0.308 e. The molecule has 0 saturated carbocycles. The third-order valence-electron chi connectivity index (χ3n) is 9.13. The minimum atomic E-state index is -0.800. The Kier molecular flexibility index (Phi) is 43.7. The van der Waals surface area contributed by atoms with Crippen molar-refractivity contribution < 1.29 is 265 Å². The van der Waals surface area contributed by atoms with Gasteiger partial charge in [-0.3, -0.25) is 24.0 Å². The van der Waals surface area contributed by atoms with Crippen LogP contribution in [-0.2, 0) is 35.1 Å². The zero-order chi connectivity index (χ0) is 37.8. The maximum atomic E-state index is 14.1. The first-order valence-corrected chi connectivity index (χ1v) is 18.6. The number of ketones is 1. The zero-order valence-corrected chi connectivity index (χ0v) is 47.6. The Morgan fingerprint density at radius 1 is 0.911 bits per heavy atom. The molecule has 0 unspecified atom stereocenters. The van der Waals surface area contributed by atoms with Gasteiger partial charge in [0.15, 0.2) is 6.10 Å². The molecule has 10 nitrogen and oxygen atoms in total. The van der Waals surface area contributed by atoms with Crippen molar-refractivity contribution in [3.63, 3.8) is 0 Å². The van der Waals surface area contributed by atoms with E-state index >= 15 is 0 Å². The zero-order valence-electron chi connectivity index (χ0n) is 33.9. The number of hydrogen-bond donors (Lipinski definition) is 1. The number of nitrogens with one attached hydrogen (secondary N) is 1. The van der Waals surface area contributed by atoms with Crippen LogP contribution in [0, 0.1) is 261 Å². The Bertz CT molecular complexity index is 1450. The van der Waals surface area contributed by atoms with E-state index in [1.165, 1.54) is 25.4 Å². The molecule has 0 fully saturated rings. The van der Waals surface area contributed by atoms with Gasteiger partial charge in [0.05, 0.1) is 13.0 Å². The molecule has 0 spiro atoms. The van der Waals surface area contributed by atoms with Crippen molar-refractivity contribution in [2.24, 2.45) is 29.1 Å². The molecular weight excluding hydrogens is 1610 g/mol. The predicted octanol–water partition coefficient (Wildman–Crippen LogP) is 7.22. The minimum absolute atomic E-state index is 0. The van der Waals surface area contributed by atoms with Crippen molar-refractivity contribution in [2.75, 3.05) is 14.2 Å². The van der Waals surface area contributed by atoms with Gasteiger partial charge >= 0.3 is 11.9 Å². The summed E-state index contributed by atoms with van der Waals surface area (Å²) < 4.78 is 10.7. The monoisotopic (exact) mass is 1670 g/mol. The van der Waals surface area contributed by atoms with Gasteiger partial charge in [0.25, 0.3) is 5.91 Å². The summed E-state index contributed by atoms with van der Waals surface area (Å²) in [6, 6.07) is 8.99. The van der Waals surface area contributed by atoms with Crippen molar-refractivity contribution in [1.29, 1.82) is 0 Å². The SMILES string of the molecule is CC[C@H](C)[C@H](CC(=O)CC(C)(C)C)C(=O)N(C)[C@H](C[C@@H](OC(C)=O)c1nc(C(=O)N[C@@H](Cc2ccccc2)C[C@H](C)C(=O)OC)cs1)C(C)C.[Tb].[Tb].[Tb].[Tb].[Tb].[Tb]. The minimum Gasteiger partial charge on any atom is -0.469 e. The number of carbonyl (C=O) groups is 5. The summed E-state index contributed by atoms with van der Waals surface area (Å²) >= 11 is 1.21. The summed E-state index contributed by atoms with van der Waals surface area (Å²) in [6.45, 7) is 17.2. The number of ether oxygens (including phenoxy) is 2. The molecule has 0 aliphatic heterocycles. The maximum absolute atomic E-state index is 14.1. The third-order valence-corrected chi connectivity index (χ3v) is 10.1. The molecule has 1 aromatic heterocycles. The molecule has 6 radical (unpaired) electrons.